The third-order valence-electron chi connectivity index (χ3n) is 5.61. The van der Waals surface area contributed by atoms with Gasteiger partial charge in [0.05, 0.1) is 10.9 Å². The van der Waals surface area contributed by atoms with Crippen molar-refractivity contribution in [3.63, 3.8) is 0 Å². The lowest BCUT2D eigenvalue weighted by Gasteiger charge is -2.33. The monoisotopic (exact) mass is 458 g/mol. The van der Waals surface area contributed by atoms with Crippen molar-refractivity contribution < 1.29 is 38.1 Å². The minimum Gasteiger partial charge on any atom is -0.473 e. The molecule has 0 aromatic heterocycles. The van der Waals surface area contributed by atoms with E-state index in [1.165, 1.54) is 26.8 Å². The van der Waals surface area contributed by atoms with Gasteiger partial charge in [-0.15, -0.1) is 0 Å². The second-order valence-corrected chi connectivity index (χ2v) is 7.92. The van der Waals surface area contributed by atoms with Crippen molar-refractivity contribution in [3.05, 3.63) is 71.3 Å². The highest BCUT2D eigenvalue weighted by atomic mass is 16.6. The second kappa shape index (κ2) is 7.55. The average Bonchev–Trinajstić information content (AvgIpc) is 3.08. The first-order valence-corrected chi connectivity index (χ1v) is 10.4. The van der Waals surface area contributed by atoms with Crippen molar-refractivity contribution in [1.82, 2.24) is 0 Å². The van der Waals surface area contributed by atoms with E-state index in [1.54, 1.807) is 48.5 Å². The molecule has 8 nitrogen and oxygen atoms in total. The van der Waals surface area contributed by atoms with E-state index < -0.39 is 23.5 Å². The number of rotatable bonds is 3. The molecule has 1 aliphatic heterocycles. The molecule has 1 aliphatic carbocycles. The lowest BCUT2D eigenvalue weighted by Crippen LogP contribution is -2.34. The van der Waals surface area contributed by atoms with Crippen LogP contribution in [0.3, 0.4) is 0 Å². The van der Waals surface area contributed by atoms with Gasteiger partial charge in [-0.05, 0) is 42.5 Å². The van der Waals surface area contributed by atoms with Crippen LogP contribution in [0.1, 0.15) is 42.3 Å². The van der Waals surface area contributed by atoms with Gasteiger partial charge in [-0.3, -0.25) is 19.2 Å². The topological polar surface area (TPSA) is 105 Å². The van der Waals surface area contributed by atoms with E-state index in [0.29, 0.717) is 33.2 Å². The van der Waals surface area contributed by atoms with Gasteiger partial charge in [0, 0.05) is 37.3 Å². The molecule has 0 saturated heterocycles. The van der Waals surface area contributed by atoms with Crippen molar-refractivity contribution >= 4 is 34.5 Å². The molecule has 0 radical (unpaired) electrons. The van der Waals surface area contributed by atoms with E-state index in [0.717, 1.165) is 0 Å². The van der Waals surface area contributed by atoms with E-state index in [-0.39, 0.29) is 23.0 Å². The fraction of sp³-hybridized carbons (Fsp3) is 0.154. The van der Waals surface area contributed by atoms with Crippen LogP contribution in [0.2, 0.25) is 0 Å². The molecule has 0 N–H and O–H groups in total. The van der Waals surface area contributed by atoms with Gasteiger partial charge in [-0.2, -0.15) is 0 Å². The molecular weight excluding hydrogens is 440 g/mol. The Bertz CT molecular complexity index is 1440. The standard InChI is InChI=1S/C26H18O8/c1-13(27)31-19-8-7-17-23-21(10-9-20(24(19)23)32-14(2)28)34-26(17)12-11-18(30)16-5-4-6-22(25(16)26)33-15(3)29/h4-12H,1-3H3/t26-/m0/s1. The third kappa shape index (κ3) is 3.14. The predicted octanol–water partition coefficient (Wildman–Crippen LogP) is 4.00. The maximum atomic E-state index is 12.7. The smallest absolute Gasteiger partial charge is 0.308 e. The number of fused-ring (bicyclic) bond motifs is 3. The van der Waals surface area contributed by atoms with E-state index in [4.69, 9.17) is 18.9 Å². The van der Waals surface area contributed by atoms with Crippen molar-refractivity contribution in [2.75, 3.05) is 0 Å². The van der Waals surface area contributed by atoms with Crippen molar-refractivity contribution in [3.8, 4) is 23.0 Å². The number of ether oxygens (including phenoxy) is 4. The Morgan fingerprint density at radius 1 is 0.765 bits per heavy atom. The van der Waals surface area contributed by atoms with Crippen LogP contribution in [0.5, 0.6) is 23.0 Å². The molecule has 1 heterocycles. The van der Waals surface area contributed by atoms with Crippen molar-refractivity contribution in [2.45, 2.75) is 26.4 Å². The summed E-state index contributed by atoms with van der Waals surface area (Å²) >= 11 is 0. The summed E-state index contributed by atoms with van der Waals surface area (Å²) < 4.78 is 22.7. The van der Waals surface area contributed by atoms with Gasteiger partial charge in [0.25, 0.3) is 0 Å². The lowest BCUT2D eigenvalue weighted by molar-refractivity contribution is -0.133. The van der Waals surface area contributed by atoms with Crippen LogP contribution in [-0.2, 0) is 20.0 Å². The summed E-state index contributed by atoms with van der Waals surface area (Å²) in [4.78, 5) is 48.1. The number of allylic oxidation sites excluding steroid dienone is 1. The number of carbonyl (C=O) groups excluding carboxylic acids is 4. The Morgan fingerprint density at radius 2 is 1.38 bits per heavy atom. The molecule has 0 bridgehead atoms. The molecule has 0 amide bonds. The SMILES string of the molecule is CC(=O)Oc1cccc2c1[C@@]1(C=CC2=O)Oc2ccc(OC(C)=O)c3c(OC(C)=O)ccc1c23. The lowest BCUT2D eigenvalue weighted by atomic mass is 9.77. The molecule has 2 aliphatic rings. The van der Waals surface area contributed by atoms with Gasteiger partial charge in [0.15, 0.2) is 11.4 Å². The van der Waals surface area contributed by atoms with Crippen LogP contribution < -0.4 is 18.9 Å². The summed E-state index contributed by atoms with van der Waals surface area (Å²) in [6.45, 7) is 3.81. The molecule has 0 fully saturated rings. The van der Waals surface area contributed by atoms with Crippen LogP contribution in [-0.4, -0.2) is 23.7 Å². The van der Waals surface area contributed by atoms with Gasteiger partial charge in [0.1, 0.15) is 23.0 Å². The highest BCUT2D eigenvalue weighted by Gasteiger charge is 2.48. The highest BCUT2D eigenvalue weighted by Crippen LogP contribution is 2.56. The maximum absolute atomic E-state index is 12.7. The van der Waals surface area contributed by atoms with Gasteiger partial charge in [-0.1, -0.05) is 12.1 Å². The molecule has 34 heavy (non-hydrogen) atoms. The largest absolute Gasteiger partial charge is 0.473 e. The molecule has 3 aromatic carbocycles. The zero-order valence-electron chi connectivity index (χ0n) is 18.5. The molecule has 1 atom stereocenters. The summed E-state index contributed by atoms with van der Waals surface area (Å²) in [7, 11) is 0. The second-order valence-electron chi connectivity index (χ2n) is 7.92. The summed E-state index contributed by atoms with van der Waals surface area (Å²) in [5, 5.41) is 0.911. The van der Waals surface area contributed by atoms with E-state index in [9.17, 15) is 19.2 Å². The van der Waals surface area contributed by atoms with Gasteiger partial charge < -0.3 is 18.9 Å². The van der Waals surface area contributed by atoms with Gasteiger partial charge in [-0.25, -0.2) is 0 Å². The minimum absolute atomic E-state index is 0.188. The highest BCUT2D eigenvalue weighted by molar-refractivity contribution is 6.10. The van der Waals surface area contributed by atoms with E-state index in [2.05, 4.69) is 0 Å². The van der Waals surface area contributed by atoms with Crippen LogP contribution in [0.4, 0.5) is 0 Å². The van der Waals surface area contributed by atoms with E-state index >= 15 is 0 Å². The molecule has 1 spiro atoms. The molecule has 3 aromatic rings. The van der Waals surface area contributed by atoms with Crippen LogP contribution in [0.15, 0.2) is 54.6 Å². The molecular formula is C26H18O8. The summed E-state index contributed by atoms with van der Waals surface area (Å²) in [5.74, 6) is -0.923. The first-order chi connectivity index (χ1) is 16.2. The first kappa shape index (κ1) is 21.4. The van der Waals surface area contributed by atoms with Crippen molar-refractivity contribution in [1.29, 1.82) is 0 Å². The van der Waals surface area contributed by atoms with E-state index in [1.807, 2.05) is 0 Å². The minimum atomic E-state index is -1.31. The Hall–Kier alpha value is -4.46. The van der Waals surface area contributed by atoms with Crippen LogP contribution >= 0.6 is 0 Å². The quantitative estimate of drug-likeness (QED) is 0.428. The Morgan fingerprint density at radius 3 is 2.03 bits per heavy atom. The fourth-order valence-electron chi connectivity index (χ4n) is 4.54. The number of hydrogen-bond donors (Lipinski definition) is 0. The van der Waals surface area contributed by atoms with Crippen LogP contribution in [0, 0.1) is 0 Å². The summed E-state index contributed by atoms with van der Waals surface area (Å²) in [5.41, 5.74) is 0.00221. The fourth-order valence-corrected chi connectivity index (χ4v) is 4.54. The first-order valence-electron chi connectivity index (χ1n) is 10.4. The number of carbonyl (C=O) groups is 4. The maximum Gasteiger partial charge on any atom is 0.308 e. The number of ketones is 1. The Kier molecular flexibility index (Phi) is 4.75. The van der Waals surface area contributed by atoms with Gasteiger partial charge >= 0.3 is 17.9 Å². The Balaban J connectivity index is 1.84. The normalized spacial score (nSPS) is 17.3. The molecule has 5 rings (SSSR count). The number of benzene rings is 3. The number of hydrogen-bond acceptors (Lipinski definition) is 8. The Labute approximate surface area is 193 Å². The van der Waals surface area contributed by atoms with Crippen LogP contribution in [0.25, 0.3) is 10.8 Å². The van der Waals surface area contributed by atoms with Gasteiger partial charge in [0.2, 0.25) is 0 Å². The average molecular weight is 458 g/mol. The zero-order chi connectivity index (χ0) is 24.2. The third-order valence-corrected chi connectivity index (χ3v) is 5.61. The van der Waals surface area contributed by atoms with Crippen molar-refractivity contribution in [2.24, 2.45) is 0 Å². The molecule has 8 heteroatoms. The number of esters is 3. The molecule has 170 valence electrons. The summed E-state index contributed by atoms with van der Waals surface area (Å²) in [6.07, 6.45) is 3.01. The summed E-state index contributed by atoms with van der Waals surface area (Å²) in [6, 6.07) is 11.3. The molecule has 0 saturated carbocycles. The predicted molar refractivity (Wildman–Crippen MR) is 119 cm³/mol. The zero-order valence-corrected chi connectivity index (χ0v) is 18.5. The molecule has 0 unspecified atom stereocenters.